The molecule has 1 atom stereocenters. The lowest BCUT2D eigenvalue weighted by molar-refractivity contribution is -0.127. The SMILES string of the molecule is COc1ccc([C@@H](C(=O)NC2CCCC2)N(C(=O)Cn2nnc3ccccc32)c2ccc(F)cc2)c(OC)c1. The quantitative estimate of drug-likeness (QED) is 0.343. The second-order valence-electron chi connectivity index (χ2n) is 9.48. The molecule has 4 aromatic rings. The van der Waals surface area contributed by atoms with E-state index in [1.807, 2.05) is 18.2 Å². The van der Waals surface area contributed by atoms with Crippen LogP contribution >= 0.6 is 0 Å². The summed E-state index contributed by atoms with van der Waals surface area (Å²) in [5.74, 6) is -0.318. The molecule has 202 valence electrons. The van der Waals surface area contributed by atoms with E-state index in [1.54, 1.807) is 24.3 Å². The van der Waals surface area contributed by atoms with Crippen molar-refractivity contribution < 1.29 is 23.5 Å². The second-order valence-corrected chi connectivity index (χ2v) is 9.48. The van der Waals surface area contributed by atoms with Crippen LogP contribution in [0.2, 0.25) is 0 Å². The molecular formula is C29H30FN5O4. The molecule has 1 fully saturated rings. The van der Waals surface area contributed by atoms with E-state index in [1.165, 1.54) is 48.1 Å². The number of ether oxygens (including phenoxy) is 2. The average Bonchev–Trinajstić information content (AvgIpc) is 3.62. The molecule has 1 heterocycles. The van der Waals surface area contributed by atoms with Crippen molar-refractivity contribution in [1.82, 2.24) is 20.3 Å². The standard InChI is InChI=1S/C29H30FN5O4/c1-38-22-15-16-23(26(17-22)39-2)28(29(37)31-20-7-3-4-8-20)35(21-13-11-19(30)12-14-21)27(36)18-34-25-10-6-5-9-24(25)32-33-34/h5-6,9-17,20,28H,3-4,7-8,18H2,1-2H3,(H,31,37)/t28-/m0/s1. The molecule has 10 heteroatoms. The van der Waals surface area contributed by atoms with Crippen LogP contribution in [0.1, 0.15) is 37.3 Å². The molecule has 3 aromatic carbocycles. The minimum atomic E-state index is -1.11. The maximum Gasteiger partial charge on any atom is 0.249 e. The molecule has 0 saturated heterocycles. The van der Waals surface area contributed by atoms with Crippen LogP contribution in [-0.4, -0.2) is 47.1 Å². The van der Waals surface area contributed by atoms with Gasteiger partial charge in [-0.1, -0.05) is 30.2 Å². The summed E-state index contributed by atoms with van der Waals surface area (Å²) in [5, 5.41) is 11.4. The number of amides is 2. The number of methoxy groups -OCH3 is 2. The van der Waals surface area contributed by atoms with Crippen LogP contribution in [0, 0.1) is 5.82 Å². The normalized spacial score (nSPS) is 14.2. The molecule has 1 aliphatic carbocycles. The first kappa shape index (κ1) is 26.1. The average molecular weight is 532 g/mol. The van der Waals surface area contributed by atoms with Gasteiger partial charge in [0.25, 0.3) is 0 Å². The fraction of sp³-hybridized carbons (Fsp3) is 0.310. The highest BCUT2D eigenvalue weighted by Crippen LogP contribution is 2.36. The number of hydrogen-bond donors (Lipinski definition) is 1. The highest BCUT2D eigenvalue weighted by Gasteiger charge is 2.36. The Morgan fingerprint density at radius 1 is 1.05 bits per heavy atom. The van der Waals surface area contributed by atoms with Crippen molar-refractivity contribution >= 4 is 28.5 Å². The van der Waals surface area contributed by atoms with Gasteiger partial charge in [-0.2, -0.15) is 0 Å². The molecule has 1 saturated carbocycles. The molecular weight excluding hydrogens is 501 g/mol. The van der Waals surface area contributed by atoms with Crippen LogP contribution in [0.4, 0.5) is 10.1 Å². The lowest BCUT2D eigenvalue weighted by atomic mass is 10.0. The Balaban J connectivity index is 1.61. The number of nitrogens with one attached hydrogen (secondary N) is 1. The number of para-hydroxylation sites is 1. The number of rotatable bonds is 9. The fourth-order valence-corrected chi connectivity index (χ4v) is 5.07. The van der Waals surface area contributed by atoms with Gasteiger partial charge in [-0.3, -0.25) is 14.5 Å². The van der Waals surface area contributed by atoms with Crippen molar-refractivity contribution in [2.45, 2.75) is 44.3 Å². The molecule has 9 nitrogen and oxygen atoms in total. The predicted molar refractivity (Wildman–Crippen MR) is 144 cm³/mol. The molecule has 0 unspecified atom stereocenters. The van der Waals surface area contributed by atoms with E-state index in [4.69, 9.17) is 9.47 Å². The molecule has 0 radical (unpaired) electrons. The summed E-state index contributed by atoms with van der Waals surface area (Å²) in [6.07, 6.45) is 3.80. The minimum absolute atomic E-state index is 0.00803. The fourth-order valence-electron chi connectivity index (χ4n) is 5.07. The van der Waals surface area contributed by atoms with Gasteiger partial charge in [-0.25, -0.2) is 9.07 Å². The zero-order valence-corrected chi connectivity index (χ0v) is 21.8. The molecule has 39 heavy (non-hydrogen) atoms. The van der Waals surface area contributed by atoms with E-state index in [0.717, 1.165) is 25.7 Å². The first-order chi connectivity index (χ1) is 19.0. The largest absolute Gasteiger partial charge is 0.497 e. The molecule has 0 aliphatic heterocycles. The molecule has 2 amide bonds. The van der Waals surface area contributed by atoms with Crippen molar-refractivity contribution in [2.75, 3.05) is 19.1 Å². The summed E-state index contributed by atoms with van der Waals surface area (Å²) < 4.78 is 26.4. The van der Waals surface area contributed by atoms with Crippen LogP contribution in [-0.2, 0) is 16.1 Å². The maximum absolute atomic E-state index is 14.1. The van der Waals surface area contributed by atoms with Gasteiger partial charge in [-0.05, 0) is 61.4 Å². The van der Waals surface area contributed by atoms with E-state index in [0.29, 0.717) is 33.8 Å². The topological polar surface area (TPSA) is 98.6 Å². The summed E-state index contributed by atoms with van der Waals surface area (Å²) >= 11 is 0. The van der Waals surface area contributed by atoms with Gasteiger partial charge >= 0.3 is 0 Å². The van der Waals surface area contributed by atoms with Crippen molar-refractivity contribution in [1.29, 1.82) is 0 Å². The van der Waals surface area contributed by atoms with E-state index in [9.17, 15) is 14.0 Å². The number of anilines is 1. The monoisotopic (exact) mass is 531 g/mol. The first-order valence-electron chi connectivity index (χ1n) is 12.9. The third-order valence-corrected chi connectivity index (χ3v) is 7.02. The predicted octanol–water partition coefficient (Wildman–Crippen LogP) is 4.42. The number of hydrogen-bond acceptors (Lipinski definition) is 6. The van der Waals surface area contributed by atoms with Crippen LogP contribution in [0.15, 0.2) is 66.7 Å². The Hall–Kier alpha value is -4.47. The lowest BCUT2D eigenvalue weighted by Crippen LogP contribution is -2.47. The number of nitrogens with zero attached hydrogens (tertiary/aromatic N) is 4. The highest BCUT2D eigenvalue weighted by molar-refractivity contribution is 6.02. The van der Waals surface area contributed by atoms with Crippen molar-refractivity contribution in [3.05, 3.63) is 78.1 Å². The van der Waals surface area contributed by atoms with Crippen molar-refractivity contribution in [3.8, 4) is 11.5 Å². The third-order valence-electron chi connectivity index (χ3n) is 7.02. The van der Waals surface area contributed by atoms with E-state index in [2.05, 4.69) is 15.6 Å². The van der Waals surface area contributed by atoms with Crippen LogP contribution in [0.5, 0.6) is 11.5 Å². The number of halogens is 1. The highest BCUT2D eigenvalue weighted by atomic mass is 19.1. The molecule has 1 aromatic heterocycles. The Bertz CT molecular complexity index is 1470. The Kier molecular flexibility index (Phi) is 7.72. The number of aromatic nitrogens is 3. The van der Waals surface area contributed by atoms with Gasteiger partial charge in [0.1, 0.15) is 35.4 Å². The van der Waals surface area contributed by atoms with E-state index in [-0.39, 0.29) is 18.5 Å². The van der Waals surface area contributed by atoms with Crippen LogP contribution in [0.3, 0.4) is 0 Å². The van der Waals surface area contributed by atoms with Crippen molar-refractivity contribution in [2.24, 2.45) is 0 Å². The summed E-state index contributed by atoms with van der Waals surface area (Å²) in [5.41, 5.74) is 2.15. The first-order valence-corrected chi connectivity index (χ1v) is 12.9. The molecule has 0 bridgehead atoms. The summed E-state index contributed by atoms with van der Waals surface area (Å²) in [4.78, 5) is 29.5. The summed E-state index contributed by atoms with van der Waals surface area (Å²) in [6, 6.07) is 16.8. The molecule has 5 rings (SSSR count). The van der Waals surface area contributed by atoms with Gasteiger partial charge in [-0.15, -0.1) is 5.10 Å². The molecule has 0 spiro atoms. The Labute approximate surface area is 225 Å². The Morgan fingerprint density at radius 2 is 1.79 bits per heavy atom. The van der Waals surface area contributed by atoms with Gasteiger partial charge in [0, 0.05) is 23.4 Å². The van der Waals surface area contributed by atoms with Gasteiger partial charge < -0.3 is 14.8 Å². The zero-order chi connectivity index (χ0) is 27.4. The van der Waals surface area contributed by atoms with Crippen molar-refractivity contribution in [3.63, 3.8) is 0 Å². The van der Waals surface area contributed by atoms with Crippen LogP contribution < -0.4 is 19.7 Å². The molecule has 1 N–H and O–H groups in total. The minimum Gasteiger partial charge on any atom is -0.497 e. The van der Waals surface area contributed by atoms with E-state index < -0.39 is 17.8 Å². The van der Waals surface area contributed by atoms with Gasteiger partial charge in [0.05, 0.1) is 19.7 Å². The second kappa shape index (κ2) is 11.5. The lowest BCUT2D eigenvalue weighted by Gasteiger charge is -2.33. The maximum atomic E-state index is 14.1. The smallest absolute Gasteiger partial charge is 0.249 e. The number of carbonyl (C=O) groups is 2. The van der Waals surface area contributed by atoms with Gasteiger partial charge in [0.2, 0.25) is 11.8 Å². The third kappa shape index (κ3) is 5.55. The molecule has 1 aliphatic rings. The zero-order valence-electron chi connectivity index (χ0n) is 21.8. The summed E-state index contributed by atoms with van der Waals surface area (Å²) in [7, 11) is 3.03. The number of carbonyl (C=O) groups excluding carboxylic acids is 2. The van der Waals surface area contributed by atoms with Crippen LogP contribution in [0.25, 0.3) is 11.0 Å². The van der Waals surface area contributed by atoms with E-state index >= 15 is 0 Å². The van der Waals surface area contributed by atoms with Gasteiger partial charge in [0.15, 0.2) is 0 Å². The number of benzene rings is 3. The summed E-state index contributed by atoms with van der Waals surface area (Å²) in [6.45, 7) is -0.191. The Morgan fingerprint density at radius 3 is 2.51 bits per heavy atom. The number of fused-ring (bicyclic) bond motifs is 1.